The van der Waals surface area contributed by atoms with Gasteiger partial charge in [-0.2, -0.15) is 9.29 Å². The van der Waals surface area contributed by atoms with Crippen molar-refractivity contribution in [1.82, 2.24) is 9.55 Å². The fourth-order valence-electron chi connectivity index (χ4n) is 7.12. The number of aliphatic hydroxyl groups is 2. The number of phosphoric acid groups is 2. The Bertz CT molecular complexity index is 1910. The van der Waals surface area contributed by atoms with Crippen molar-refractivity contribution in [2.45, 2.75) is 199 Å². The molecule has 0 amide bonds. The van der Waals surface area contributed by atoms with Gasteiger partial charge in [-0.3, -0.25) is 23.2 Å². The second-order valence-electron chi connectivity index (χ2n) is 17.3. The third-order valence-electron chi connectivity index (χ3n) is 11.1. The average molecular weight is 1030 g/mol. The first-order chi connectivity index (χ1) is 33.7. The quantitative estimate of drug-likeness (QED) is 0.0177. The van der Waals surface area contributed by atoms with Gasteiger partial charge in [0.05, 0.1) is 13.2 Å². The number of hydrogen-bond acceptors (Lipinski definition) is 15. The van der Waals surface area contributed by atoms with Crippen molar-refractivity contribution in [3.8, 4) is 0 Å². The second kappa shape index (κ2) is 38.1. The van der Waals surface area contributed by atoms with E-state index in [0.29, 0.717) is 19.3 Å². The molecule has 0 aromatic carbocycles. The number of esters is 2. The van der Waals surface area contributed by atoms with Gasteiger partial charge in [0, 0.05) is 19.0 Å². The van der Waals surface area contributed by atoms with Crippen molar-refractivity contribution in [3.05, 3.63) is 83.5 Å². The summed E-state index contributed by atoms with van der Waals surface area (Å²) in [6.07, 6.45) is 37.4. The molecule has 1 aromatic heterocycles. The highest BCUT2D eigenvalue weighted by atomic mass is 31.3. The van der Waals surface area contributed by atoms with Crippen LogP contribution in [0.15, 0.2) is 77.8 Å². The first kappa shape index (κ1) is 62.6. The molecule has 0 bridgehead atoms. The number of allylic oxidation sites excluding steroid dienone is 10. The van der Waals surface area contributed by atoms with Gasteiger partial charge in [-0.25, -0.2) is 13.9 Å². The third-order valence-corrected chi connectivity index (χ3v) is 13.7. The van der Waals surface area contributed by atoms with Gasteiger partial charge < -0.3 is 39.9 Å². The lowest BCUT2D eigenvalue weighted by Gasteiger charge is -2.21. The van der Waals surface area contributed by atoms with Gasteiger partial charge in [-0.1, -0.05) is 139 Å². The molecule has 0 saturated carbocycles. The monoisotopic (exact) mass is 1030 g/mol. The molecule has 0 radical (unpaired) electrons. The summed E-state index contributed by atoms with van der Waals surface area (Å²) in [6.45, 7) is 2.06. The minimum Gasteiger partial charge on any atom is -0.462 e. The average Bonchev–Trinajstić information content (AvgIpc) is 3.59. The fourth-order valence-corrected chi connectivity index (χ4v) is 9.23. The van der Waals surface area contributed by atoms with Crippen LogP contribution in [0.25, 0.3) is 0 Å². The molecular formula is C50H83N3O15P2. The van der Waals surface area contributed by atoms with Crippen LogP contribution in [0.3, 0.4) is 0 Å². The summed E-state index contributed by atoms with van der Waals surface area (Å²) in [4.78, 5) is 61.9. The van der Waals surface area contributed by atoms with E-state index in [4.69, 9.17) is 29.0 Å². The van der Waals surface area contributed by atoms with Crippen LogP contribution in [0.2, 0.25) is 0 Å². The number of nitrogens with zero attached hydrogens (tertiary/aromatic N) is 2. The lowest BCUT2D eigenvalue weighted by molar-refractivity contribution is -0.161. The maximum atomic E-state index is 12.8. The highest BCUT2D eigenvalue weighted by molar-refractivity contribution is 7.61. The van der Waals surface area contributed by atoms with Crippen molar-refractivity contribution in [1.29, 1.82) is 0 Å². The fraction of sp³-hybridized carbons (Fsp3) is 0.680. The molecule has 1 fully saturated rings. The smallest absolute Gasteiger partial charge is 0.462 e. The number of aliphatic hydroxyl groups excluding tert-OH is 2. The summed E-state index contributed by atoms with van der Waals surface area (Å²) >= 11 is 0. The summed E-state index contributed by atoms with van der Waals surface area (Å²) in [7, 11) is -10.9. The van der Waals surface area contributed by atoms with Crippen LogP contribution in [-0.4, -0.2) is 85.7 Å². The lowest BCUT2D eigenvalue weighted by Crippen LogP contribution is -2.36. The molecule has 20 heteroatoms. The number of nitrogen functional groups attached to an aromatic ring is 1. The summed E-state index contributed by atoms with van der Waals surface area (Å²) in [5, 5.41) is 20.9. The van der Waals surface area contributed by atoms with E-state index in [0.717, 1.165) is 75.0 Å². The van der Waals surface area contributed by atoms with Crippen molar-refractivity contribution in [3.63, 3.8) is 0 Å². The van der Waals surface area contributed by atoms with E-state index in [1.165, 1.54) is 63.9 Å². The lowest BCUT2D eigenvalue weighted by atomic mass is 10.1. The van der Waals surface area contributed by atoms with Gasteiger partial charge in [0.1, 0.15) is 30.7 Å². The van der Waals surface area contributed by atoms with E-state index in [1.54, 1.807) is 0 Å². The molecule has 1 saturated heterocycles. The number of carbonyl (C=O) groups is 2. The van der Waals surface area contributed by atoms with Crippen molar-refractivity contribution in [2.24, 2.45) is 0 Å². The highest BCUT2D eigenvalue weighted by Gasteiger charge is 2.46. The van der Waals surface area contributed by atoms with E-state index in [9.17, 15) is 43.5 Å². The number of nitrogens with two attached hydrogens (primary N) is 1. The molecule has 18 nitrogen and oxygen atoms in total. The van der Waals surface area contributed by atoms with Gasteiger partial charge in [-0.15, -0.1) is 0 Å². The van der Waals surface area contributed by atoms with Gasteiger partial charge in [0.2, 0.25) is 0 Å². The molecule has 2 heterocycles. The van der Waals surface area contributed by atoms with E-state index < -0.39 is 83.7 Å². The van der Waals surface area contributed by atoms with Crippen LogP contribution in [0.4, 0.5) is 5.82 Å². The molecule has 7 atom stereocenters. The predicted molar refractivity (Wildman–Crippen MR) is 270 cm³/mol. The molecule has 0 spiro atoms. The second-order valence-corrected chi connectivity index (χ2v) is 20.4. The summed E-state index contributed by atoms with van der Waals surface area (Å²) in [6, 6.07) is 1.24. The number of carbonyl (C=O) groups excluding carboxylic acids is 2. The predicted octanol–water partition coefficient (Wildman–Crippen LogP) is 10.3. The molecule has 6 N–H and O–H groups in total. The Morgan fingerprint density at radius 2 is 1.17 bits per heavy atom. The van der Waals surface area contributed by atoms with Crippen LogP contribution < -0.4 is 11.4 Å². The minimum absolute atomic E-state index is 0.0213. The number of ether oxygens (including phenoxy) is 3. The molecule has 2 rings (SSSR count). The zero-order chi connectivity index (χ0) is 51.3. The summed E-state index contributed by atoms with van der Waals surface area (Å²) < 4.78 is 56.7. The SMILES string of the molecule is CCCCC/C=C\C/C=C\CCCCCCCC(=O)O[C@H](COC(=O)CCC/C=C\C/C=C\C/C=C\CCCCCCCC)COP(=O)(O)OP(=O)(O)OC[C@H]1O[C@@H](n2ccc(N)nc2=O)C(O)[C@H]1O. The minimum atomic E-state index is -5.44. The number of rotatable bonds is 41. The molecule has 1 aliphatic heterocycles. The van der Waals surface area contributed by atoms with Crippen molar-refractivity contribution < 1.29 is 66.3 Å². The zero-order valence-electron chi connectivity index (χ0n) is 41.6. The van der Waals surface area contributed by atoms with Gasteiger partial charge in [0.25, 0.3) is 0 Å². The van der Waals surface area contributed by atoms with Crippen LogP contribution in [0.5, 0.6) is 0 Å². The van der Waals surface area contributed by atoms with E-state index in [-0.39, 0.29) is 18.7 Å². The van der Waals surface area contributed by atoms with Crippen LogP contribution >= 0.6 is 15.6 Å². The molecule has 70 heavy (non-hydrogen) atoms. The van der Waals surface area contributed by atoms with Gasteiger partial charge >= 0.3 is 33.3 Å². The number of hydrogen-bond donors (Lipinski definition) is 5. The largest absolute Gasteiger partial charge is 0.481 e. The number of unbranched alkanes of at least 4 members (excludes halogenated alkanes) is 15. The Kier molecular flexibility index (Phi) is 34.1. The Hall–Kier alpha value is -3.54. The summed E-state index contributed by atoms with van der Waals surface area (Å²) in [5.41, 5.74) is 4.58. The topological polar surface area (TPSA) is 265 Å². The Balaban J connectivity index is 1.83. The maximum Gasteiger partial charge on any atom is 0.481 e. The van der Waals surface area contributed by atoms with Crippen molar-refractivity contribution >= 4 is 33.4 Å². The standard InChI is InChI=1S/C50H83N3O15P2/c1-3-5-7-9-11-13-15-17-19-20-22-23-25-27-29-31-33-35-45(54)63-39-42(66-46(55)36-34-32-30-28-26-24-21-18-16-14-12-10-8-6-4-2)40-64-69(59,60)68-70(61,62)65-41-43-47(56)48(57)49(67-43)53-38-37-44(51)52-50(53)58/h12,14,17-19,21-23,27,29,37-38,42-43,47-49,56-57H,3-11,13,15-16,20,24-26,28,30-36,39-41H2,1-2H3,(H,59,60)(H,61,62)(H2,51,52,58)/b14-12-,19-17-,21-18-,23-22-,29-27-/t42-,43-,47+,48?,49-/m1/s1. The molecule has 1 aromatic rings. The summed E-state index contributed by atoms with van der Waals surface area (Å²) in [5.74, 6) is -1.38. The normalized spacial score (nSPS) is 19.7. The molecular weight excluding hydrogens is 945 g/mol. The number of aromatic nitrogens is 2. The first-order valence-corrected chi connectivity index (χ1v) is 28.3. The zero-order valence-corrected chi connectivity index (χ0v) is 43.3. The highest BCUT2D eigenvalue weighted by Crippen LogP contribution is 2.60. The number of anilines is 1. The van der Waals surface area contributed by atoms with Gasteiger partial charge in [-0.05, 0) is 83.1 Å². The van der Waals surface area contributed by atoms with E-state index in [1.807, 2.05) is 12.2 Å². The van der Waals surface area contributed by atoms with Crippen LogP contribution in [0, 0.1) is 0 Å². The van der Waals surface area contributed by atoms with E-state index >= 15 is 0 Å². The van der Waals surface area contributed by atoms with Crippen LogP contribution in [-0.2, 0) is 46.3 Å². The van der Waals surface area contributed by atoms with Gasteiger partial charge in [0.15, 0.2) is 12.3 Å². The Labute approximate surface area is 415 Å². The number of phosphoric ester groups is 2. The van der Waals surface area contributed by atoms with Crippen LogP contribution in [0.1, 0.15) is 174 Å². The Morgan fingerprint density at radius 3 is 1.76 bits per heavy atom. The van der Waals surface area contributed by atoms with E-state index in [2.05, 4.69) is 71.8 Å². The first-order valence-electron chi connectivity index (χ1n) is 25.3. The molecule has 1 aliphatic rings. The maximum absolute atomic E-state index is 12.8. The van der Waals surface area contributed by atoms with Crippen molar-refractivity contribution in [2.75, 3.05) is 25.6 Å². The molecule has 3 unspecified atom stereocenters. The molecule has 398 valence electrons. The third kappa shape index (κ3) is 30.4. The Morgan fingerprint density at radius 1 is 0.686 bits per heavy atom. The molecule has 0 aliphatic carbocycles.